The summed E-state index contributed by atoms with van der Waals surface area (Å²) >= 11 is 8.37. The van der Waals surface area contributed by atoms with Gasteiger partial charge in [-0.3, -0.25) is 4.79 Å². The highest BCUT2D eigenvalue weighted by Gasteiger charge is 2.40. The largest absolute Gasteiger partial charge is 0.337 e. The van der Waals surface area contributed by atoms with Gasteiger partial charge in [0.15, 0.2) is 0 Å². The van der Waals surface area contributed by atoms with Crippen LogP contribution in [0.15, 0.2) is 14.3 Å². The van der Waals surface area contributed by atoms with Crippen LogP contribution in [0.1, 0.15) is 28.9 Å². The number of carbonyl (C=O) groups excluding carboxylic acids is 1. The number of nitrogens with zero attached hydrogens (tertiary/aromatic N) is 1. The smallest absolute Gasteiger partial charge is 0.264 e. The highest BCUT2D eigenvalue weighted by atomic mass is 79.9. The Hall–Kier alpha value is 0.0900. The Morgan fingerprint density at radius 1 is 1.37 bits per heavy atom. The Morgan fingerprint density at radius 3 is 2.79 bits per heavy atom. The van der Waals surface area contributed by atoms with Gasteiger partial charge in [0.25, 0.3) is 5.91 Å². The summed E-state index contributed by atoms with van der Waals surface area (Å²) in [6, 6.07) is 2.18. The van der Waals surface area contributed by atoms with Gasteiger partial charge in [0, 0.05) is 23.6 Å². The maximum atomic E-state index is 12.5. The fraction of sp³-hybridized carbons (Fsp3) is 0.615. The maximum Gasteiger partial charge on any atom is 0.264 e. The molecular weight excluding hydrogens is 392 g/mol. The summed E-state index contributed by atoms with van der Waals surface area (Å²) in [7, 11) is 0. The van der Waals surface area contributed by atoms with E-state index in [1.165, 1.54) is 24.2 Å². The fourth-order valence-electron chi connectivity index (χ4n) is 3.29. The van der Waals surface area contributed by atoms with Crippen LogP contribution >= 0.6 is 43.2 Å². The van der Waals surface area contributed by atoms with Crippen molar-refractivity contribution in [3.63, 3.8) is 0 Å². The predicted molar refractivity (Wildman–Crippen MR) is 84.4 cm³/mol. The van der Waals surface area contributed by atoms with E-state index in [0.29, 0.717) is 11.8 Å². The van der Waals surface area contributed by atoms with Gasteiger partial charge >= 0.3 is 0 Å². The van der Waals surface area contributed by atoms with E-state index < -0.39 is 0 Å². The van der Waals surface area contributed by atoms with Crippen LogP contribution in [0.25, 0.3) is 0 Å². The lowest BCUT2D eigenvalue weighted by molar-refractivity contribution is 0.0788. The number of likely N-dealkylation sites (tertiary alicyclic amines) is 1. The van der Waals surface area contributed by atoms with Crippen molar-refractivity contribution in [2.75, 3.05) is 13.1 Å². The first-order valence-corrected chi connectivity index (χ1v) is 8.96. The van der Waals surface area contributed by atoms with Gasteiger partial charge in [0.1, 0.15) is 0 Å². The average molecular weight is 408 g/mol. The molecule has 2 N–H and O–H groups in total. The molecule has 0 bridgehead atoms. The topological polar surface area (TPSA) is 46.3 Å². The van der Waals surface area contributed by atoms with Gasteiger partial charge in [-0.15, -0.1) is 11.3 Å². The second-order valence-corrected chi connectivity index (χ2v) is 8.69. The summed E-state index contributed by atoms with van der Waals surface area (Å²) < 4.78 is 1.93. The van der Waals surface area contributed by atoms with Crippen LogP contribution in [-0.2, 0) is 0 Å². The molecule has 104 valence electrons. The van der Waals surface area contributed by atoms with Gasteiger partial charge in [-0.1, -0.05) is 6.42 Å². The Morgan fingerprint density at radius 2 is 2.16 bits per heavy atom. The highest BCUT2D eigenvalue weighted by molar-refractivity contribution is 9.13. The second kappa shape index (κ2) is 5.47. The predicted octanol–water partition coefficient (Wildman–Crippen LogP) is 3.47. The molecule has 3 nitrogen and oxygen atoms in total. The van der Waals surface area contributed by atoms with E-state index in [-0.39, 0.29) is 11.9 Å². The number of amides is 1. The highest BCUT2D eigenvalue weighted by Crippen LogP contribution is 2.38. The molecule has 0 radical (unpaired) electrons. The molecule has 3 unspecified atom stereocenters. The average Bonchev–Trinajstić information content (AvgIpc) is 2.94. The summed E-state index contributed by atoms with van der Waals surface area (Å²) in [6.07, 6.45) is 3.54. The summed E-state index contributed by atoms with van der Waals surface area (Å²) in [5.74, 6) is 1.27. The molecule has 6 heteroatoms. The molecule has 2 fully saturated rings. The van der Waals surface area contributed by atoms with Gasteiger partial charge in [-0.2, -0.15) is 0 Å². The van der Waals surface area contributed by atoms with Crippen LogP contribution in [0.5, 0.6) is 0 Å². The molecule has 1 saturated heterocycles. The Bertz CT molecular complexity index is 485. The van der Waals surface area contributed by atoms with Gasteiger partial charge < -0.3 is 10.6 Å². The quantitative estimate of drug-likeness (QED) is 0.774. The molecule has 1 amide bonds. The van der Waals surface area contributed by atoms with Gasteiger partial charge in [-0.25, -0.2) is 0 Å². The van der Waals surface area contributed by atoms with Crippen LogP contribution in [0.2, 0.25) is 0 Å². The van der Waals surface area contributed by atoms with E-state index in [2.05, 4.69) is 31.9 Å². The van der Waals surface area contributed by atoms with E-state index >= 15 is 0 Å². The van der Waals surface area contributed by atoms with Crippen molar-refractivity contribution in [3.8, 4) is 0 Å². The minimum absolute atomic E-state index is 0.151. The van der Waals surface area contributed by atoms with Crippen molar-refractivity contribution >= 4 is 49.1 Å². The molecule has 1 aromatic rings. The number of rotatable bonds is 1. The Kier molecular flexibility index (Phi) is 4.04. The number of halogens is 2. The Labute approximate surface area is 133 Å². The zero-order valence-corrected chi connectivity index (χ0v) is 14.4. The third kappa shape index (κ3) is 2.64. The molecular formula is C13H16Br2N2OS. The lowest BCUT2D eigenvalue weighted by atomic mass is 9.78. The molecule has 0 aromatic carbocycles. The number of nitrogens with two attached hydrogens (primary N) is 1. The van der Waals surface area contributed by atoms with Crippen LogP contribution in [-0.4, -0.2) is 29.9 Å². The standard InChI is InChI=1S/C13H16Br2N2OS/c14-9-4-11(19-12(9)15)13(18)17-5-7-2-1-3-10(16)8(7)6-17/h4,7-8,10H,1-3,5-6,16H2. The normalized spacial score (nSPS) is 30.5. The second-order valence-electron chi connectivity index (χ2n) is 5.46. The minimum atomic E-state index is 0.151. The minimum Gasteiger partial charge on any atom is -0.337 e. The van der Waals surface area contributed by atoms with E-state index in [1.807, 2.05) is 11.0 Å². The van der Waals surface area contributed by atoms with Crippen LogP contribution in [0.3, 0.4) is 0 Å². The Balaban J connectivity index is 1.75. The fourth-order valence-corrected chi connectivity index (χ4v) is 5.29. The molecule has 0 spiro atoms. The molecule has 3 atom stereocenters. The molecule has 3 rings (SSSR count). The number of thiophene rings is 1. The van der Waals surface area contributed by atoms with Crippen molar-refractivity contribution in [1.29, 1.82) is 0 Å². The zero-order chi connectivity index (χ0) is 13.6. The molecule has 1 aromatic heterocycles. The number of carbonyl (C=O) groups is 1. The first kappa shape index (κ1) is 14.0. The van der Waals surface area contributed by atoms with Crippen LogP contribution in [0, 0.1) is 11.8 Å². The van der Waals surface area contributed by atoms with E-state index in [0.717, 1.165) is 32.6 Å². The summed E-state index contributed by atoms with van der Waals surface area (Å²) in [5, 5.41) is 0. The van der Waals surface area contributed by atoms with E-state index in [1.54, 1.807) is 0 Å². The van der Waals surface area contributed by atoms with Crippen LogP contribution < -0.4 is 5.73 Å². The van der Waals surface area contributed by atoms with Crippen molar-refractivity contribution in [3.05, 3.63) is 19.2 Å². The van der Waals surface area contributed by atoms with Crippen LogP contribution in [0.4, 0.5) is 0 Å². The van der Waals surface area contributed by atoms with E-state index in [9.17, 15) is 4.79 Å². The van der Waals surface area contributed by atoms with Crippen molar-refractivity contribution < 1.29 is 4.79 Å². The lowest BCUT2D eigenvalue weighted by Crippen LogP contribution is -2.38. The first-order valence-electron chi connectivity index (χ1n) is 6.56. The van der Waals surface area contributed by atoms with Crippen molar-refractivity contribution in [2.45, 2.75) is 25.3 Å². The molecule has 2 heterocycles. The van der Waals surface area contributed by atoms with Crippen molar-refractivity contribution in [1.82, 2.24) is 4.90 Å². The van der Waals surface area contributed by atoms with Gasteiger partial charge in [-0.05, 0) is 62.6 Å². The molecule has 1 aliphatic carbocycles. The summed E-state index contributed by atoms with van der Waals surface area (Å²) in [6.45, 7) is 1.71. The SMILES string of the molecule is NC1CCCC2CN(C(=O)c3cc(Br)c(Br)s3)CC12. The first-order chi connectivity index (χ1) is 9.06. The summed E-state index contributed by atoms with van der Waals surface area (Å²) in [4.78, 5) is 15.3. The van der Waals surface area contributed by atoms with Gasteiger partial charge in [0.05, 0.1) is 8.66 Å². The monoisotopic (exact) mass is 406 g/mol. The number of hydrogen-bond donors (Lipinski definition) is 1. The molecule has 19 heavy (non-hydrogen) atoms. The third-order valence-corrected chi connectivity index (χ3v) is 7.54. The lowest BCUT2D eigenvalue weighted by Gasteiger charge is -2.29. The molecule has 1 aliphatic heterocycles. The van der Waals surface area contributed by atoms with E-state index in [4.69, 9.17) is 5.73 Å². The summed E-state index contributed by atoms with van der Waals surface area (Å²) in [5.41, 5.74) is 6.20. The maximum absolute atomic E-state index is 12.5. The van der Waals surface area contributed by atoms with Gasteiger partial charge in [0.2, 0.25) is 0 Å². The molecule has 2 aliphatic rings. The third-order valence-electron chi connectivity index (χ3n) is 4.30. The molecule has 1 saturated carbocycles. The van der Waals surface area contributed by atoms with Crippen molar-refractivity contribution in [2.24, 2.45) is 17.6 Å². The number of fused-ring (bicyclic) bond motifs is 1. The number of hydrogen-bond acceptors (Lipinski definition) is 3. The zero-order valence-electron chi connectivity index (χ0n) is 10.4.